The van der Waals surface area contributed by atoms with Gasteiger partial charge in [0.2, 0.25) is 11.8 Å². The van der Waals surface area contributed by atoms with E-state index in [0.717, 1.165) is 17.4 Å². The molecule has 2 aromatic rings. The van der Waals surface area contributed by atoms with Crippen molar-refractivity contribution in [3.63, 3.8) is 0 Å². The van der Waals surface area contributed by atoms with Crippen molar-refractivity contribution >= 4 is 21.9 Å². The zero-order chi connectivity index (χ0) is 22.4. The quantitative estimate of drug-likeness (QED) is 0.331. The molecule has 1 aliphatic rings. The van der Waals surface area contributed by atoms with Crippen molar-refractivity contribution in [2.24, 2.45) is 0 Å². The number of nitrogens with zero attached hydrogens (tertiary/aromatic N) is 1. The third kappa shape index (κ3) is 6.28. The predicted molar refractivity (Wildman–Crippen MR) is 113 cm³/mol. The van der Waals surface area contributed by atoms with Gasteiger partial charge in [0.1, 0.15) is 24.7 Å². The van der Waals surface area contributed by atoms with Crippen LogP contribution in [0.3, 0.4) is 0 Å². The second-order valence-electron chi connectivity index (χ2n) is 7.20. The first kappa shape index (κ1) is 22.8. The Balaban J connectivity index is 1.62. The van der Waals surface area contributed by atoms with E-state index in [9.17, 15) is 18.0 Å². The first-order valence-corrected chi connectivity index (χ1v) is 11.6. The summed E-state index contributed by atoms with van der Waals surface area (Å²) in [5, 5.41) is 0. The summed E-state index contributed by atoms with van der Waals surface area (Å²) in [6, 6.07) is 14.3. The summed E-state index contributed by atoms with van der Waals surface area (Å²) in [4.78, 5) is 26.7. The average molecular weight is 448 g/mol. The van der Waals surface area contributed by atoms with Crippen LogP contribution in [0.2, 0.25) is 0 Å². The summed E-state index contributed by atoms with van der Waals surface area (Å²) in [6.07, 6.45) is 1.73. The van der Waals surface area contributed by atoms with Crippen molar-refractivity contribution in [1.82, 2.24) is 4.90 Å². The molecule has 0 spiro atoms. The van der Waals surface area contributed by atoms with Crippen LogP contribution in [0.5, 0.6) is 11.5 Å². The molecule has 8 nitrogen and oxygen atoms in total. The largest absolute Gasteiger partial charge is 0.497 e. The van der Waals surface area contributed by atoms with E-state index in [1.54, 1.807) is 43.5 Å². The predicted octanol–water partition coefficient (Wildman–Crippen LogP) is 2.48. The van der Waals surface area contributed by atoms with Crippen LogP contribution in [-0.2, 0) is 30.4 Å². The lowest BCUT2D eigenvalue weighted by atomic mass is 9.89. The van der Waals surface area contributed by atoms with E-state index in [1.165, 1.54) is 4.90 Å². The molecule has 1 heterocycles. The van der Waals surface area contributed by atoms with Crippen LogP contribution in [0, 0.1) is 0 Å². The molecule has 1 saturated heterocycles. The molecule has 0 saturated carbocycles. The van der Waals surface area contributed by atoms with Gasteiger partial charge in [-0.05, 0) is 41.8 Å². The Kier molecular flexibility index (Phi) is 7.29. The molecule has 1 fully saturated rings. The Bertz CT molecular complexity index is 1020. The minimum absolute atomic E-state index is 0.0792. The number of benzene rings is 2. The molecule has 0 aromatic heterocycles. The summed E-state index contributed by atoms with van der Waals surface area (Å²) in [5.41, 5.74) is 1.65. The number of piperidine rings is 1. The third-order valence-corrected chi connectivity index (χ3v) is 5.54. The van der Waals surface area contributed by atoms with Gasteiger partial charge < -0.3 is 9.47 Å². The van der Waals surface area contributed by atoms with Gasteiger partial charge in [0.25, 0.3) is 10.1 Å². The summed E-state index contributed by atoms with van der Waals surface area (Å²) in [5.74, 6) is 0.446. The first-order chi connectivity index (χ1) is 14.8. The van der Waals surface area contributed by atoms with Crippen molar-refractivity contribution < 1.29 is 31.7 Å². The van der Waals surface area contributed by atoms with E-state index in [1.807, 2.05) is 12.1 Å². The van der Waals surface area contributed by atoms with Crippen LogP contribution in [0.1, 0.15) is 29.9 Å². The number of amides is 2. The molecule has 9 heteroatoms. The van der Waals surface area contributed by atoms with Gasteiger partial charge in [-0.3, -0.25) is 18.7 Å². The van der Waals surface area contributed by atoms with Crippen molar-refractivity contribution in [1.29, 1.82) is 0 Å². The van der Waals surface area contributed by atoms with Crippen molar-refractivity contribution in [2.45, 2.75) is 25.3 Å². The molecule has 0 radical (unpaired) electrons. The molecule has 1 aliphatic heterocycles. The van der Waals surface area contributed by atoms with Gasteiger partial charge >= 0.3 is 0 Å². The molecule has 1 atom stereocenters. The summed E-state index contributed by atoms with van der Waals surface area (Å²) < 4.78 is 37.1. The summed E-state index contributed by atoms with van der Waals surface area (Å²) >= 11 is 0. The smallest absolute Gasteiger partial charge is 0.264 e. The molecule has 3 rings (SSSR count). The average Bonchev–Trinajstić information content (AvgIpc) is 2.75. The number of likely N-dealkylation sites (tertiary alicyclic amines) is 1. The summed E-state index contributed by atoms with van der Waals surface area (Å²) in [6.45, 7) is 0.225. The number of carbonyl (C=O) groups excluding carboxylic acids is 2. The fourth-order valence-electron chi connectivity index (χ4n) is 3.37. The highest BCUT2D eigenvalue weighted by Gasteiger charge is 2.35. The molecular weight excluding hydrogens is 422 g/mol. The number of methoxy groups -OCH3 is 1. The molecule has 0 N–H and O–H groups in total. The maximum absolute atomic E-state index is 13.0. The maximum Gasteiger partial charge on any atom is 0.264 e. The van der Waals surface area contributed by atoms with Crippen LogP contribution >= 0.6 is 0 Å². The van der Waals surface area contributed by atoms with Gasteiger partial charge in [-0.2, -0.15) is 8.42 Å². The molecule has 31 heavy (non-hydrogen) atoms. The first-order valence-electron chi connectivity index (χ1n) is 9.81. The molecule has 166 valence electrons. The van der Waals surface area contributed by atoms with E-state index >= 15 is 0 Å². The van der Waals surface area contributed by atoms with Gasteiger partial charge in [-0.25, -0.2) is 0 Å². The van der Waals surface area contributed by atoms with Gasteiger partial charge in [0, 0.05) is 6.42 Å². The Hall–Kier alpha value is -2.91. The second kappa shape index (κ2) is 9.93. The fourth-order valence-corrected chi connectivity index (χ4v) is 3.74. The van der Waals surface area contributed by atoms with Crippen LogP contribution in [-0.4, -0.2) is 51.7 Å². The molecule has 0 aliphatic carbocycles. The Morgan fingerprint density at radius 3 is 2.23 bits per heavy atom. The number of rotatable bonds is 9. The van der Waals surface area contributed by atoms with Crippen molar-refractivity contribution in [3.05, 3.63) is 59.7 Å². The lowest BCUT2D eigenvalue weighted by Gasteiger charge is -2.31. The zero-order valence-electron chi connectivity index (χ0n) is 17.4. The topological polar surface area (TPSA) is 99.2 Å². The SMILES string of the molecule is COc1ccc(CN2C(=O)CCC(c3ccc(OCCOS(C)(=O)=O)cc3)C2=O)cc1. The monoisotopic (exact) mass is 447 g/mol. The molecule has 2 amide bonds. The Labute approximate surface area is 181 Å². The van der Waals surface area contributed by atoms with Gasteiger partial charge in [0.05, 0.1) is 25.8 Å². The lowest BCUT2D eigenvalue weighted by molar-refractivity contribution is -0.150. The second-order valence-corrected chi connectivity index (χ2v) is 8.85. The van der Waals surface area contributed by atoms with Crippen LogP contribution in [0.4, 0.5) is 0 Å². The highest BCUT2D eigenvalue weighted by molar-refractivity contribution is 7.85. The van der Waals surface area contributed by atoms with E-state index in [0.29, 0.717) is 24.3 Å². The maximum atomic E-state index is 13.0. The zero-order valence-corrected chi connectivity index (χ0v) is 18.3. The van der Waals surface area contributed by atoms with Crippen LogP contribution < -0.4 is 9.47 Å². The third-order valence-electron chi connectivity index (χ3n) is 4.94. The van der Waals surface area contributed by atoms with E-state index < -0.39 is 16.0 Å². The van der Waals surface area contributed by atoms with E-state index in [-0.39, 0.29) is 31.6 Å². The number of hydrogen-bond donors (Lipinski definition) is 0. The molecule has 2 aromatic carbocycles. The van der Waals surface area contributed by atoms with E-state index in [2.05, 4.69) is 4.18 Å². The highest BCUT2D eigenvalue weighted by Crippen LogP contribution is 2.31. The van der Waals surface area contributed by atoms with Crippen LogP contribution in [0.25, 0.3) is 0 Å². The van der Waals surface area contributed by atoms with Crippen molar-refractivity contribution in [2.75, 3.05) is 26.6 Å². The number of ether oxygens (including phenoxy) is 2. The lowest BCUT2D eigenvalue weighted by Crippen LogP contribution is -2.43. The van der Waals surface area contributed by atoms with E-state index in [4.69, 9.17) is 9.47 Å². The Morgan fingerprint density at radius 1 is 0.968 bits per heavy atom. The van der Waals surface area contributed by atoms with Crippen molar-refractivity contribution in [3.8, 4) is 11.5 Å². The molecule has 0 bridgehead atoms. The van der Waals surface area contributed by atoms with Gasteiger partial charge in [0.15, 0.2) is 0 Å². The van der Waals surface area contributed by atoms with Gasteiger partial charge in [-0.1, -0.05) is 24.3 Å². The normalized spacial score (nSPS) is 17.0. The molecular formula is C22H25NO7S. The summed E-state index contributed by atoms with van der Waals surface area (Å²) in [7, 11) is -1.92. The Morgan fingerprint density at radius 2 is 1.61 bits per heavy atom. The number of carbonyl (C=O) groups is 2. The van der Waals surface area contributed by atoms with Gasteiger partial charge in [-0.15, -0.1) is 0 Å². The minimum Gasteiger partial charge on any atom is -0.497 e. The number of imide groups is 1. The standard InChI is InChI=1S/C22H25NO7S/c1-28-18-7-3-16(4-8-18)15-23-21(24)12-11-20(22(23)25)17-5-9-19(10-6-17)29-13-14-30-31(2,26)27/h3-10,20H,11-15H2,1-2H3. The van der Waals surface area contributed by atoms with Crippen LogP contribution in [0.15, 0.2) is 48.5 Å². The fraction of sp³-hybridized carbons (Fsp3) is 0.364. The highest BCUT2D eigenvalue weighted by atomic mass is 32.2. The minimum atomic E-state index is -3.50. The number of hydrogen-bond acceptors (Lipinski definition) is 7. The molecule has 1 unspecified atom stereocenters.